The third-order valence-electron chi connectivity index (χ3n) is 3.91. The van der Waals surface area contributed by atoms with Gasteiger partial charge in [0.25, 0.3) is 5.91 Å². The molecule has 2 amide bonds. The van der Waals surface area contributed by atoms with E-state index in [4.69, 9.17) is 0 Å². The highest BCUT2D eigenvalue weighted by atomic mass is 32.2. The van der Waals surface area contributed by atoms with Crippen LogP contribution >= 0.6 is 0 Å². The summed E-state index contributed by atoms with van der Waals surface area (Å²) in [6.45, 7) is 5.78. The lowest BCUT2D eigenvalue weighted by molar-refractivity contribution is -0.115. The van der Waals surface area contributed by atoms with Crippen molar-refractivity contribution in [2.24, 2.45) is 0 Å². The van der Waals surface area contributed by atoms with E-state index in [0.717, 1.165) is 27.9 Å². The molecule has 0 saturated heterocycles. The molecule has 0 aromatic heterocycles. The SMILES string of the molecule is Cc1cc(C)c(NC(=O)CNC(=O)c2cccc(CS(C)=O)c2)c(C)c1. The second-order valence-corrected chi connectivity index (χ2v) is 7.86. The Bertz CT molecular complexity index is 839. The van der Waals surface area contributed by atoms with Gasteiger partial charge < -0.3 is 10.6 Å². The number of amides is 2. The Labute approximate surface area is 156 Å². The summed E-state index contributed by atoms with van der Waals surface area (Å²) in [5.41, 5.74) is 5.17. The van der Waals surface area contributed by atoms with Crippen LogP contribution < -0.4 is 10.6 Å². The number of anilines is 1. The van der Waals surface area contributed by atoms with Crippen molar-refractivity contribution >= 4 is 28.3 Å². The van der Waals surface area contributed by atoms with E-state index in [1.807, 2.05) is 39.0 Å². The van der Waals surface area contributed by atoms with Gasteiger partial charge in [-0.25, -0.2) is 0 Å². The molecule has 6 heteroatoms. The van der Waals surface area contributed by atoms with E-state index in [1.54, 1.807) is 24.5 Å². The summed E-state index contributed by atoms with van der Waals surface area (Å²) in [6, 6.07) is 10.9. The van der Waals surface area contributed by atoms with Crippen LogP contribution in [0, 0.1) is 20.8 Å². The van der Waals surface area contributed by atoms with Crippen molar-refractivity contribution in [3.8, 4) is 0 Å². The van der Waals surface area contributed by atoms with Crippen LogP contribution in [0.1, 0.15) is 32.6 Å². The smallest absolute Gasteiger partial charge is 0.251 e. The lowest BCUT2D eigenvalue weighted by Crippen LogP contribution is -2.33. The van der Waals surface area contributed by atoms with E-state index in [2.05, 4.69) is 10.6 Å². The molecule has 0 fully saturated rings. The van der Waals surface area contributed by atoms with Crippen molar-refractivity contribution in [2.75, 3.05) is 18.1 Å². The molecule has 26 heavy (non-hydrogen) atoms. The van der Waals surface area contributed by atoms with Gasteiger partial charge in [0, 0.05) is 34.1 Å². The average molecular weight is 372 g/mol. The molecular weight excluding hydrogens is 348 g/mol. The fourth-order valence-electron chi connectivity index (χ4n) is 2.86. The van der Waals surface area contributed by atoms with Crippen LogP contribution in [0.3, 0.4) is 0 Å². The molecular formula is C20H24N2O3S. The zero-order valence-electron chi connectivity index (χ0n) is 15.5. The van der Waals surface area contributed by atoms with Gasteiger partial charge in [-0.2, -0.15) is 0 Å². The van der Waals surface area contributed by atoms with Crippen LogP contribution in [-0.4, -0.2) is 28.8 Å². The molecule has 5 nitrogen and oxygen atoms in total. The Balaban J connectivity index is 1.97. The van der Waals surface area contributed by atoms with Gasteiger partial charge in [-0.1, -0.05) is 29.8 Å². The molecule has 0 heterocycles. The Hall–Kier alpha value is -2.47. The van der Waals surface area contributed by atoms with E-state index in [-0.39, 0.29) is 18.4 Å². The van der Waals surface area contributed by atoms with Gasteiger partial charge in [0.15, 0.2) is 0 Å². The summed E-state index contributed by atoms with van der Waals surface area (Å²) in [5, 5.41) is 5.48. The average Bonchev–Trinajstić information content (AvgIpc) is 2.55. The molecule has 2 N–H and O–H groups in total. The molecule has 2 rings (SSSR count). The number of carbonyl (C=O) groups is 2. The minimum atomic E-state index is -0.974. The van der Waals surface area contributed by atoms with Gasteiger partial charge in [0.1, 0.15) is 0 Å². The van der Waals surface area contributed by atoms with Crippen molar-refractivity contribution in [1.82, 2.24) is 5.32 Å². The molecule has 138 valence electrons. The van der Waals surface area contributed by atoms with E-state index in [1.165, 1.54) is 0 Å². The Morgan fingerprint density at radius 2 is 1.69 bits per heavy atom. The highest BCUT2D eigenvalue weighted by Crippen LogP contribution is 2.21. The molecule has 1 atom stereocenters. The van der Waals surface area contributed by atoms with Gasteiger partial charge in [-0.15, -0.1) is 0 Å². The second-order valence-electron chi connectivity index (χ2n) is 6.42. The normalized spacial score (nSPS) is 11.7. The monoisotopic (exact) mass is 372 g/mol. The van der Waals surface area contributed by atoms with Crippen LogP contribution in [0.2, 0.25) is 0 Å². The Morgan fingerprint density at radius 1 is 1.04 bits per heavy atom. The zero-order chi connectivity index (χ0) is 19.3. The molecule has 2 aromatic rings. The second kappa shape index (κ2) is 8.76. The first-order chi connectivity index (χ1) is 12.3. The van der Waals surface area contributed by atoms with Gasteiger partial charge in [-0.05, 0) is 49.6 Å². The van der Waals surface area contributed by atoms with E-state index in [9.17, 15) is 13.8 Å². The minimum absolute atomic E-state index is 0.116. The molecule has 0 radical (unpaired) electrons. The number of hydrogen-bond donors (Lipinski definition) is 2. The fraction of sp³-hybridized carbons (Fsp3) is 0.300. The first kappa shape index (κ1) is 19.8. The predicted molar refractivity (Wildman–Crippen MR) is 106 cm³/mol. The van der Waals surface area contributed by atoms with Gasteiger partial charge in [-0.3, -0.25) is 13.8 Å². The summed E-state index contributed by atoms with van der Waals surface area (Å²) in [6.07, 6.45) is 1.62. The number of rotatable bonds is 6. The summed E-state index contributed by atoms with van der Waals surface area (Å²) < 4.78 is 11.3. The zero-order valence-corrected chi connectivity index (χ0v) is 16.3. The van der Waals surface area contributed by atoms with Crippen molar-refractivity contribution in [3.63, 3.8) is 0 Å². The van der Waals surface area contributed by atoms with Crippen molar-refractivity contribution in [1.29, 1.82) is 0 Å². The van der Waals surface area contributed by atoms with Crippen molar-refractivity contribution in [3.05, 3.63) is 64.2 Å². The molecule has 0 spiro atoms. The highest BCUT2D eigenvalue weighted by Gasteiger charge is 2.11. The summed E-state index contributed by atoms with van der Waals surface area (Å²) in [7, 11) is -0.974. The summed E-state index contributed by atoms with van der Waals surface area (Å²) in [4.78, 5) is 24.4. The van der Waals surface area contributed by atoms with Crippen LogP contribution in [0.4, 0.5) is 5.69 Å². The number of nitrogens with one attached hydrogen (secondary N) is 2. The maximum atomic E-state index is 12.3. The summed E-state index contributed by atoms with van der Waals surface area (Å²) in [5.74, 6) is -0.214. The highest BCUT2D eigenvalue weighted by molar-refractivity contribution is 7.83. The largest absolute Gasteiger partial charge is 0.343 e. The molecule has 1 unspecified atom stereocenters. The topological polar surface area (TPSA) is 75.3 Å². The fourth-order valence-corrected chi connectivity index (χ4v) is 3.51. The lowest BCUT2D eigenvalue weighted by atomic mass is 10.1. The quantitative estimate of drug-likeness (QED) is 0.819. The molecule has 0 aliphatic heterocycles. The van der Waals surface area contributed by atoms with Crippen LogP contribution in [-0.2, 0) is 21.3 Å². The number of aryl methyl sites for hydroxylation is 3. The maximum absolute atomic E-state index is 12.3. The van der Waals surface area contributed by atoms with Crippen LogP contribution in [0.25, 0.3) is 0 Å². The van der Waals surface area contributed by atoms with Gasteiger partial charge in [0.05, 0.1) is 6.54 Å². The third-order valence-corrected chi connectivity index (χ3v) is 4.65. The first-order valence-electron chi connectivity index (χ1n) is 8.31. The maximum Gasteiger partial charge on any atom is 0.251 e. The molecule has 0 aliphatic carbocycles. The van der Waals surface area contributed by atoms with Crippen molar-refractivity contribution in [2.45, 2.75) is 26.5 Å². The standard InChI is InChI=1S/C20H24N2O3S/c1-13-8-14(2)19(15(3)9-13)22-18(23)11-21-20(24)17-7-5-6-16(10-17)12-26(4)25/h5-10H,11-12H2,1-4H3,(H,21,24)(H,22,23). The van der Waals surface area contributed by atoms with Crippen LogP contribution in [0.5, 0.6) is 0 Å². The Kier molecular flexibility index (Phi) is 6.69. The molecule has 2 aromatic carbocycles. The van der Waals surface area contributed by atoms with Crippen LogP contribution in [0.15, 0.2) is 36.4 Å². The first-order valence-corrected chi connectivity index (χ1v) is 10.0. The molecule has 0 saturated carbocycles. The number of hydrogen-bond acceptors (Lipinski definition) is 3. The van der Waals surface area contributed by atoms with Gasteiger partial charge in [0.2, 0.25) is 5.91 Å². The lowest BCUT2D eigenvalue weighted by Gasteiger charge is -2.13. The number of benzene rings is 2. The van der Waals surface area contributed by atoms with Crippen molar-refractivity contribution < 1.29 is 13.8 Å². The van der Waals surface area contributed by atoms with Gasteiger partial charge >= 0.3 is 0 Å². The van der Waals surface area contributed by atoms with E-state index < -0.39 is 10.8 Å². The molecule has 0 aliphatic rings. The summed E-state index contributed by atoms with van der Waals surface area (Å²) >= 11 is 0. The number of carbonyl (C=O) groups excluding carboxylic acids is 2. The van der Waals surface area contributed by atoms with E-state index >= 15 is 0 Å². The minimum Gasteiger partial charge on any atom is -0.343 e. The Morgan fingerprint density at radius 3 is 2.31 bits per heavy atom. The third kappa shape index (κ3) is 5.52. The van der Waals surface area contributed by atoms with E-state index in [0.29, 0.717) is 11.3 Å². The predicted octanol–water partition coefficient (Wildman–Crippen LogP) is 2.86. The molecule has 0 bridgehead atoms.